The molecule has 0 unspecified atom stereocenters. The second-order valence-electron chi connectivity index (χ2n) is 2.98. The molecule has 16 heavy (non-hydrogen) atoms. The molecule has 2 aromatic rings. The van der Waals surface area contributed by atoms with Gasteiger partial charge in [-0.2, -0.15) is 0 Å². The Hall–Kier alpha value is -0.660. The van der Waals surface area contributed by atoms with Crippen molar-refractivity contribution in [2.45, 2.75) is 6.92 Å². The summed E-state index contributed by atoms with van der Waals surface area (Å²) in [5, 5.41) is 8.85. The average Bonchev–Trinajstić information content (AvgIpc) is 2.69. The third-order valence-electron chi connectivity index (χ3n) is 1.88. The zero-order valence-corrected chi connectivity index (χ0v) is 11.9. The zero-order valence-electron chi connectivity index (χ0n) is 7.95. The molecule has 0 aromatic carbocycles. The highest BCUT2D eigenvalue weighted by Crippen LogP contribution is 2.38. The molecule has 0 amide bonds. The number of aromatic nitrogens is 1. The number of aromatic carboxylic acids is 1. The molecule has 2 aromatic heterocycles. The minimum absolute atomic E-state index is 0.121. The summed E-state index contributed by atoms with van der Waals surface area (Å²) in [6, 6.07) is 1.83. The number of carboxylic acid groups (broad SMARTS) is 1. The number of oxazole rings is 1. The van der Waals surface area contributed by atoms with E-state index in [9.17, 15) is 4.79 Å². The van der Waals surface area contributed by atoms with Crippen LogP contribution < -0.4 is 0 Å². The van der Waals surface area contributed by atoms with E-state index in [2.05, 4.69) is 36.8 Å². The molecule has 0 saturated carbocycles. The Labute approximate surface area is 112 Å². The van der Waals surface area contributed by atoms with Crippen molar-refractivity contribution in [3.05, 3.63) is 25.1 Å². The summed E-state index contributed by atoms with van der Waals surface area (Å²) in [4.78, 5) is 14.9. The number of aryl methyl sites for hydroxylation is 1. The Kier molecular flexibility index (Phi) is 3.18. The lowest BCUT2D eigenvalue weighted by atomic mass is 10.3. The van der Waals surface area contributed by atoms with Gasteiger partial charge in [0.05, 0.1) is 18.8 Å². The van der Waals surface area contributed by atoms with Gasteiger partial charge in [0, 0.05) is 0 Å². The molecule has 4 nitrogen and oxygen atoms in total. The maximum absolute atomic E-state index is 10.8. The summed E-state index contributed by atoms with van der Waals surface area (Å²) in [6.45, 7) is 1.60. The van der Waals surface area contributed by atoms with Gasteiger partial charge in [0.25, 0.3) is 0 Å². The topological polar surface area (TPSA) is 63.3 Å². The van der Waals surface area contributed by atoms with Gasteiger partial charge >= 0.3 is 5.97 Å². The van der Waals surface area contributed by atoms with Crippen LogP contribution in [0.25, 0.3) is 11.5 Å². The van der Waals surface area contributed by atoms with Crippen molar-refractivity contribution >= 4 is 49.2 Å². The van der Waals surface area contributed by atoms with E-state index in [4.69, 9.17) is 9.52 Å². The van der Waals surface area contributed by atoms with Gasteiger partial charge in [0.1, 0.15) is 0 Å². The van der Waals surface area contributed by atoms with Gasteiger partial charge in [-0.05, 0) is 44.8 Å². The van der Waals surface area contributed by atoms with E-state index in [0.29, 0.717) is 11.6 Å². The Morgan fingerprint density at radius 1 is 1.56 bits per heavy atom. The molecular formula is C9H5Br2NO3S. The average molecular weight is 367 g/mol. The standard InChI is InChI=1S/C9H5Br2NO3S/c1-3-6(9(13)14)15-8(12-3)4-2-5(10)16-7(4)11/h2H,1H3,(H,13,14). The van der Waals surface area contributed by atoms with Crippen molar-refractivity contribution in [2.24, 2.45) is 0 Å². The molecule has 0 aliphatic rings. The number of carbonyl (C=O) groups is 1. The highest BCUT2D eigenvalue weighted by molar-refractivity contribution is 9.12. The first kappa shape index (κ1) is 11.8. The molecule has 84 valence electrons. The number of hydrogen-bond acceptors (Lipinski definition) is 4. The zero-order chi connectivity index (χ0) is 11.9. The molecule has 0 aliphatic heterocycles. The van der Waals surface area contributed by atoms with E-state index in [1.54, 1.807) is 6.92 Å². The van der Waals surface area contributed by atoms with Crippen molar-refractivity contribution < 1.29 is 14.3 Å². The fraction of sp³-hybridized carbons (Fsp3) is 0.111. The minimum Gasteiger partial charge on any atom is -0.475 e. The van der Waals surface area contributed by atoms with E-state index >= 15 is 0 Å². The fourth-order valence-corrected chi connectivity index (χ4v) is 3.97. The summed E-state index contributed by atoms with van der Waals surface area (Å²) in [7, 11) is 0. The van der Waals surface area contributed by atoms with Crippen LogP contribution in [0.5, 0.6) is 0 Å². The van der Waals surface area contributed by atoms with Crippen LogP contribution in [0, 0.1) is 6.92 Å². The van der Waals surface area contributed by atoms with Crippen LogP contribution in [-0.4, -0.2) is 16.1 Å². The minimum atomic E-state index is -1.11. The van der Waals surface area contributed by atoms with Gasteiger partial charge in [0.15, 0.2) is 0 Å². The summed E-state index contributed by atoms with van der Waals surface area (Å²) in [5.41, 5.74) is 1.11. The van der Waals surface area contributed by atoms with Crippen LogP contribution in [-0.2, 0) is 0 Å². The summed E-state index contributed by atoms with van der Waals surface area (Å²) >= 11 is 8.18. The molecule has 2 heterocycles. The Morgan fingerprint density at radius 3 is 2.69 bits per heavy atom. The summed E-state index contributed by atoms with van der Waals surface area (Å²) < 4.78 is 6.96. The number of carboxylic acids is 1. The highest BCUT2D eigenvalue weighted by atomic mass is 79.9. The molecule has 1 N–H and O–H groups in total. The van der Waals surface area contributed by atoms with Crippen molar-refractivity contribution in [1.29, 1.82) is 0 Å². The summed E-state index contributed by atoms with van der Waals surface area (Å²) in [6.07, 6.45) is 0. The summed E-state index contributed by atoms with van der Waals surface area (Å²) in [5.74, 6) is -0.922. The Balaban J connectivity index is 2.53. The van der Waals surface area contributed by atoms with Gasteiger partial charge in [-0.3, -0.25) is 0 Å². The third kappa shape index (κ3) is 2.07. The monoisotopic (exact) mass is 365 g/mol. The maximum Gasteiger partial charge on any atom is 0.373 e. The van der Waals surface area contributed by atoms with Crippen LogP contribution in [0.1, 0.15) is 16.2 Å². The number of nitrogens with zero attached hydrogens (tertiary/aromatic N) is 1. The SMILES string of the molecule is Cc1nc(-c2cc(Br)sc2Br)oc1C(=O)O. The van der Waals surface area contributed by atoms with Crippen LogP contribution in [0.2, 0.25) is 0 Å². The maximum atomic E-state index is 10.8. The van der Waals surface area contributed by atoms with Crippen molar-refractivity contribution in [3.8, 4) is 11.5 Å². The molecule has 0 fully saturated rings. The molecule has 2 rings (SSSR count). The largest absolute Gasteiger partial charge is 0.475 e. The third-order valence-corrected chi connectivity index (χ3v) is 4.22. The van der Waals surface area contributed by atoms with Crippen LogP contribution in [0.15, 0.2) is 18.1 Å². The Bertz CT molecular complexity index is 561. The second kappa shape index (κ2) is 4.31. The van der Waals surface area contributed by atoms with Crippen molar-refractivity contribution in [1.82, 2.24) is 4.98 Å². The van der Waals surface area contributed by atoms with Gasteiger partial charge in [-0.1, -0.05) is 0 Å². The van der Waals surface area contributed by atoms with E-state index in [1.807, 2.05) is 6.07 Å². The predicted molar refractivity (Wildman–Crippen MR) is 66.9 cm³/mol. The van der Waals surface area contributed by atoms with Gasteiger partial charge in [-0.25, -0.2) is 9.78 Å². The quantitative estimate of drug-likeness (QED) is 0.874. The molecule has 0 saturated heterocycles. The number of hydrogen-bond donors (Lipinski definition) is 1. The molecule has 0 spiro atoms. The number of thiophene rings is 1. The van der Waals surface area contributed by atoms with Gasteiger partial charge in [0.2, 0.25) is 11.7 Å². The first-order chi connectivity index (χ1) is 7.49. The number of halogens is 2. The van der Waals surface area contributed by atoms with Crippen LogP contribution in [0.4, 0.5) is 0 Å². The van der Waals surface area contributed by atoms with Crippen LogP contribution >= 0.6 is 43.2 Å². The molecule has 0 radical (unpaired) electrons. The van der Waals surface area contributed by atoms with Gasteiger partial charge in [-0.15, -0.1) is 11.3 Å². The normalized spacial score (nSPS) is 10.7. The van der Waals surface area contributed by atoms with E-state index < -0.39 is 5.97 Å². The fourth-order valence-electron chi connectivity index (χ4n) is 1.20. The van der Waals surface area contributed by atoms with Gasteiger partial charge < -0.3 is 9.52 Å². The predicted octanol–water partition coefficient (Wildman–Crippen LogP) is 3.93. The Morgan fingerprint density at radius 2 is 2.25 bits per heavy atom. The smallest absolute Gasteiger partial charge is 0.373 e. The van der Waals surface area contributed by atoms with Crippen LogP contribution in [0.3, 0.4) is 0 Å². The van der Waals surface area contributed by atoms with E-state index in [0.717, 1.165) is 13.1 Å². The second-order valence-corrected chi connectivity index (χ2v) is 6.73. The lowest BCUT2D eigenvalue weighted by Gasteiger charge is -1.89. The lowest BCUT2D eigenvalue weighted by Crippen LogP contribution is -1.95. The molecule has 0 atom stereocenters. The first-order valence-electron chi connectivity index (χ1n) is 4.15. The highest BCUT2D eigenvalue weighted by Gasteiger charge is 2.19. The molecule has 0 bridgehead atoms. The molecule has 7 heteroatoms. The van der Waals surface area contributed by atoms with Crippen molar-refractivity contribution in [2.75, 3.05) is 0 Å². The lowest BCUT2D eigenvalue weighted by molar-refractivity contribution is 0.0662. The van der Waals surface area contributed by atoms with Crippen molar-refractivity contribution in [3.63, 3.8) is 0 Å². The van der Waals surface area contributed by atoms with E-state index in [-0.39, 0.29) is 5.76 Å². The molecular weight excluding hydrogens is 362 g/mol. The molecule has 0 aliphatic carbocycles. The number of rotatable bonds is 2. The van der Waals surface area contributed by atoms with E-state index in [1.165, 1.54) is 11.3 Å². The first-order valence-corrected chi connectivity index (χ1v) is 6.55.